The highest BCUT2D eigenvalue weighted by atomic mass is 32.2. The Morgan fingerprint density at radius 1 is 1.40 bits per heavy atom. The van der Waals surface area contributed by atoms with Crippen LogP contribution in [0.3, 0.4) is 0 Å². The summed E-state index contributed by atoms with van der Waals surface area (Å²) in [6, 6.07) is 7.24. The first kappa shape index (κ1) is 15.4. The molecular weight excluding hydrogens is 271 g/mol. The molecule has 4 heteroatoms. The summed E-state index contributed by atoms with van der Waals surface area (Å²) >= 11 is 1.79. The average molecular weight is 294 g/mol. The van der Waals surface area contributed by atoms with Crippen molar-refractivity contribution in [3.63, 3.8) is 0 Å². The molecule has 0 saturated carbocycles. The molecule has 1 N–H and O–H groups in total. The SMILES string of the molecule is CC(C)(C)C1CCSC(=NCCc2cccc(F)c2)N1. The van der Waals surface area contributed by atoms with Gasteiger partial charge in [-0.1, -0.05) is 44.7 Å². The van der Waals surface area contributed by atoms with Crippen LogP contribution in [0.15, 0.2) is 29.3 Å². The molecule has 0 aromatic heterocycles. The fraction of sp³-hybridized carbons (Fsp3) is 0.562. The van der Waals surface area contributed by atoms with Crippen LogP contribution >= 0.6 is 11.8 Å². The lowest BCUT2D eigenvalue weighted by molar-refractivity contribution is 0.290. The molecule has 110 valence electrons. The van der Waals surface area contributed by atoms with E-state index in [4.69, 9.17) is 0 Å². The summed E-state index contributed by atoms with van der Waals surface area (Å²) in [4.78, 5) is 4.62. The van der Waals surface area contributed by atoms with Crippen LogP contribution < -0.4 is 5.32 Å². The second kappa shape index (κ2) is 6.61. The van der Waals surface area contributed by atoms with Crippen molar-refractivity contribution in [2.24, 2.45) is 10.4 Å². The number of aliphatic imine (C=N–C) groups is 1. The normalized spacial score (nSPS) is 21.8. The van der Waals surface area contributed by atoms with Gasteiger partial charge in [0.1, 0.15) is 5.82 Å². The number of benzene rings is 1. The third-order valence-electron chi connectivity index (χ3n) is 3.53. The molecule has 1 aliphatic heterocycles. The van der Waals surface area contributed by atoms with Crippen molar-refractivity contribution in [1.29, 1.82) is 0 Å². The number of hydrogen-bond acceptors (Lipinski definition) is 2. The molecule has 0 bridgehead atoms. The second-order valence-electron chi connectivity index (χ2n) is 6.27. The number of nitrogens with one attached hydrogen (secondary N) is 1. The lowest BCUT2D eigenvalue weighted by Crippen LogP contribution is -2.46. The molecule has 1 heterocycles. The van der Waals surface area contributed by atoms with Gasteiger partial charge in [0.2, 0.25) is 0 Å². The zero-order valence-electron chi connectivity index (χ0n) is 12.4. The molecule has 1 unspecified atom stereocenters. The monoisotopic (exact) mass is 294 g/mol. The van der Waals surface area contributed by atoms with E-state index in [-0.39, 0.29) is 11.2 Å². The highest BCUT2D eigenvalue weighted by Crippen LogP contribution is 2.27. The van der Waals surface area contributed by atoms with Gasteiger partial charge in [-0.05, 0) is 36.0 Å². The summed E-state index contributed by atoms with van der Waals surface area (Å²) in [5, 5.41) is 4.56. The van der Waals surface area contributed by atoms with Crippen molar-refractivity contribution in [3.05, 3.63) is 35.6 Å². The van der Waals surface area contributed by atoms with E-state index in [9.17, 15) is 4.39 Å². The predicted octanol–water partition coefficient (Wildman–Crippen LogP) is 3.87. The first-order valence-electron chi connectivity index (χ1n) is 7.13. The average Bonchev–Trinajstić information content (AvgIpc) is 2.38. The summed E-state index contributed by atoms with van der Waals surface area (Å²) in [7, 11) is 0. The van der Waals surface area contributed by atoms with Gasteiger partial charge < -0.3 is 5.32 Å². The van der Waals surface area contributed by atoms with Crippen molar-refractivity contribution < 1.29 is 4.39 Å². The molecule has 2 nitrogen and oxygen atoms in total. The molecule has 0 spiro atoms. The van der Waals surface area contributed by atoms with Gasteiger partial charge in [-0.3, -0.25) is 4.99 Å². The van der Waals surface area contributed by atoms with Crippen molar-refractivity contribution >= 4 is 16.9 Å². The highest BCUT2D eigenvalue weighted by Gasteiger charge is 2.28. The van der Waals surface area contributed by atoms with Crippen LogP contribution in [0.25, 0.3) is 0 Å². The van der Waals surface area contributed by atoms with E-state index in [0.717, 1.165) is 22.9 Å². The van der Waals surface area contributed by atoms with Gasteiger partial charge in [0.15, 0.2) is 5.17 Å². The third-order valence-corrected chi connectivity index (χ3v) is 4.49. The van der Waals surface area contributed by atoms with Crippen LogP contribution in [-0.4, -0.2) is 23.5 Å². The maximum absolute atomic E-state index is 13.1. The van der Waals surface area contributed by atoms with Crippen LogP contribution in [-0.2, 0) is 6.42 Å². The molecule has 1 atom stereocenters. The van der Waals surface area contributed by atoms with Crippen LogP contribution in [0.5, 0.6) is 0 Å². The Hall–Kier alpha value is -1.03. The van der Waals surface area contributed by atoms with Crippen molar-refractivity contribution in [2.75, 3.05) is 12.3 Å². The quantitative estimate of drug-likeness (QED) is 0.915. The van der Waals surface area contributed by atoms with Crippen LogP contribution in [0, 0.1) is 11.2 Å². The number of rotatable bonds is 3. The Labute approximate surface area is 125 Å². The first-order chi connectivity index (χ1) is 9.45. The second-order valence-corrected chi connectivity index (χ2v) is 7.35. The Kier molecular flexibility index (Phi) is 5.08. The Morgan fingerprint density at radius 3 is 2.90 bits per heavy atom. The molecular formula is C16H23FN2S. The molecule has 0 aliphatic carbocycles. The molecule has 1 aromatic rings. The molecule has 1 aromatic carbocycles. The number of thioether (sulfide) groups is 1. The zero-order chi connectivity index (χ0) is 14.6. The topological polar surface area (TPSA) is 24.4 Å². The Bertz CT molecular complexity index is 480. The van der Waals surface area contributed by atoms with Crippen LogP contribution in [0.1, 0.15) is 32.8 Å². The molecule has 1 fully saturated rings. The molecule has 20 heavy (non-hydrogen) atoms. The van der Waals surface area contributed by atoms with Gasteiger partial charge in [-0.25, -0.2) is 4.39 Å². The van der Waals surface area contributed by atoms with Gasteiger partial charge in [0.05, 0.1) is 0 Å². The van der Waals surface area contributed by atoms with E-state index in [1.165, 1.54) is 12.5 Å². The van der Waals surface area contributed by atoms with Gasteiger partial charge in [0.25, 0.3) is 0 Å². The molecule has 0 amide bonds. The fourth-order valence-corrected chi connectivity index (χ4v) is 3.21. The first-order valence-corrected chi connectivity index (χ1v) is 8.12. The third kappa shape index (κ3) is 4.51. The minimum Gasteiger partial charge on any atom is -0.362 e. The lowest BCUT2D eigenvalue weighted by atomic mass is 9.85. The van der Waals surface area contributed by atoms with E-state index < -0.39 is 0 Å². The number of nitrogens with zero attached hydrogens (tertiary/aromatic N) is 1. The van der Waals surface area contributed by atoms with Gasteiger partial charge in [0, 0.05) is 18.3 Å². The number of amidine groups is 1. The summed E-state index contributed by atoms with van der Waals surface area (Å²) in [5.41, 5.74) is 1.26. The van der Waals surface area contributed by atoms with Crippen LogP contribution in [0.4, 0.5) is 4.39 Å². The summed E-state index contributed by atoms with van der Waals surface area (Å²) in [6.07, 6.45) is 1.96. The highest BCUT2D eigenvalue weighted by molar-refractivity contribution is 8.13. The maximum Gasteiger partial charge on any atom is 0.156 e. The number of halogens is 1. The molecule has 0 radical (unpaired) electrons. The van der Waals surface area contributed by atoms with E-state index in [1.807, 2.05) is 6.07 Å². The fourth-order valence-electron chi connectivity index (χ4n) is 2.26. The summed E-state index contributed by atoms with van der Waals surface area (Å²) < 4.78 is 13.1. The largest absolute Gasteiger partial charge is 0.362 e. The van der Waals surface area contributed by atoms with Crippen molar-refractivity contribution in [3.8, 4) is 0 Å². The molecule has 1 aliphatic rings. The minimum absolute atomic E-state index is 0.173. The lowest BCUT2D eigenvalue weighted by Gasteiger charge is -2.35. The van der Waals surface area contributed by atoms with Gasteiger partial charge in [-0.15, -0.1) is 0 Å². The minimum atomic E-state index is -0.173. The zero-order valence-corrected chi connectivity index (χ0v) is 13.3. The van der Waals surface area contributed by atoms with Crippen LogP contribution in [0.2, 0.25) is 0 Å². The van der Waals surface area contributed by atoms with E-state index in [0.29, 0.717) is 12.6 Å². The summed E-state index contributed by atoms with van der Waals surface area (Å²) in [6.45, 7) is 7.47. The summed E-state index contributed by atoms with van der Waals surface area (Å²) in [5.74, 6) is 0.946. The van der Waals surface area contributed by atoms with E-state index >= 15 is 0 Å². The van der Waals surface area contributed by atoms with Gasteiger partial charge >= 0.3 is 0 Å². The molecule has 1 saturated heterocycles. The number of hydrogen-bond donors (Lipinski definition) is 1. The maximum atomic E-state index is 13.1. The Balaban J connectivity index is 1.88. The van der Waals surface area contributed by atoms with Gasteiger partial charge in [-0.2, -0.15) is 0 Å². The van der Waals surface area contributed by atoms with E-state index in [2.05, 4.69) is 31.1 Å². The van der Waals surface area contributed by atoms with Crippen molar-refractivity contribution in [2.45, 2.75) is 39.7 Å². The Morgan fingerprint density at radius 2 is 2.20 bits per heavy atom. The molecule has 2 rings (SSSR count). The smallest absolute Gasteiger partial charge is 0.156 e. The van der Waals surface area contributed by atoms with Crippen molar-refractivity contribution in [1.82, 2.24) is 5.32 Å². The predicted molar refractivity (Wildman–Crippen MR) is 85.9 cm³/mol. The van der Waals surface area contributed by atoms with E-state index in [1.54, 1.807) is 23.9 Å². The standard InChI is InChI=1S/C16H23FN2S/c1-16(2,3)14-8-10-20-15(19-14)18-9-7-12-5-4-6-13(17)11-12/h4-6,11,14H,7-10H2,1-3H3,(H,18,19).